The molecule has 0 radical (unpaired) electrons. The molecular weight excluding hydrogens is 150 g/mol. The fraction of sp³-hybridized carbons (Fsp3) is 1.00. The molecule has 60 valence electrons. The smallest absolute Gasteiger partial charge is 0.0903 e. The first-order valence-corrected chi connectivity index (χ1v) is 4.07. The first kappa shape index (κ1) is 8.31. The van der Waals surface area contributed by atoms with Crippen molar-refractivity contribution in [2.75, 3.05) is 32.6 Å². The number of ether oxygens (including phenoxy) is 1. The van der Waals surface area contributed by atoms with Gasteiger partial charge >= 0.3 is 0 Å². The van der Waals surface area contributed by atoms with Gasteiger partial charge in [-0.2, -0.15) is 0 Å². The van der Waals surface area contributed by atoms with E-state index in [2.05, 4.69) is 11.8 Å². The average molecular weight is 164 g/mol. The Morgan fingerprint density at radius 2 is 2.20 bits per heavy atom. The van der Waals surface area contributed by atoms with Gasteiger partial charge in [-0.25, -0.2) is 0 Å². The highest BCUT2D eigenvalue weighted by atomic mass is 35.5. The summed E-state index contributed by atoms with van der Waals surface area (Å²) in [5.41, 5.74) is 0.103. The maximum Gasteiger partial charge on any atom is 0.0903 e. The van der Waals surface area contributed by atoms with Gasteiger partial charge in [0.05, 0.1) is 5.60 Å². The first-order chi connectivity index (χ1) is 4.70. The number of rotatable bonds is 3. The number of halogens is 1. The van der Waals surface area contributed by atoms with Crippen LogP contribution in [-0.2, 0) is 4.74 Å². The van der Waals surface area contributed by atoms with E-state index in [0.29, 0.717) is 0 Å². The third-order valence-corrected chi connectivity index (χ3v) is 2.18. The maximum absolute atomic E-state index is 5.56. The summed E-state index contributed by atoms with van der Waals surface area (Å²) in [5.74, 6) is 0.722. The Kier molecular flexibility index (Phi) is 2.55. The fourth-order valence-electron chi connectivity index (χ4n) is 1.31. The molecule has 1 aliphatic rings. The number of methoxy groups -OCH3 is 1. The van der Waals surface area contributed by atoms with E-state index in [1.54, 1.807) is 7.11 Å². The Bertz CT molecular complexity index is 112. The van der Waals surface area contributed by atoms with E-state index >= 15 is 0 Å². The van der Waals surface area contributed by atoms with Crippen LogP contribution < -0.4 is 0 Å². The normalized spacial score (nSPS) is 24.3. The zero-order valence-corrected chi connectivity index (χ0v) is 7.32. The fourth-order valence-corrected chi connectivity index (χ4v) is 1.55. The number of hydrogen-bond acceptors (Lipinski definition) is 2. The molecule has 1 rings (SSSR count). The second kappa shape index (κ2) is 3.07. The third-order valence-electron chi connectivity index (χ3n) is 2.01. The third kappa shape index (κ3) is 1.62. The number of nitrogens with zero attached hydrogens (tertiary/aromatic N) is 1. The van der Waals surface area contributed by atoms with Crippen molar-refractivity contribution in [1.29, 1.82) is 0 Å². The Labute approximate surface area is 67.1 Å². The van der Waals surface area contributed by atoms with Crippen molar-refractivity contribution in [2.24, 2.45) is 0 Å². The highest BCUT2D eigenvalue weighted by Gasteiger charge is 2.37. The molecule has 3 heteroatoms. The molecule has 0 amide bonds. The molecule has 0 aromatic rings. The van der Waals surface area contributed by atoms with Crippen LogP contribution in [0.15, 0.2) is 0 Å². The molecule has 0 atom stereocenters. The number of hydrogen-bond donors (Lipinski definition) is 0. The number of alkyl halides is 1. The van der Waals surface area contributed by atoms with Crippen LogP contribution >= 0.6 is 11.6 Å². The minimum Gasteiger partial charge on any atom is -0.376 e. The SMILES string of the molecule is COC1(C)CN(CCCl)C1. The van der Waals surface area contributed by atoms with Crippen molar-refractivity contribution < 1.29 is 4.74 Å². The zero-order chi connectivity index (χ0) is 7.61. The lowest BCUT2D eigenvalue weighted by Crippen LogP contribution is -2.61. The Morgan fingerprint density at radius 3 is 2.60 bits per heavy atom. The van der Waals surface area contributed by atoms with Gasteiger partial charge in [0, 0.05) is 32.6 Å². The van der Waals surface area contributed by atoms with Crippen molar-refractivity contribution in [3.05, 3.63) is 0 Å². The van der Waals surface area contributed by atoms with Crippen molar-refractivity contribution >= 4 is 11.6 Å². The summed E-state index contributed by atoms with van der Waals surface area (Å²) >= 11 is 5.56. The van der Waals surface area contributed by atoms with E-state index in [1.165, 1.54) is 0 Å². The van der Waals surface area contributed by atoms with Crippen molar-refractivity contribution in [2.45, 2.75) is 12.5 Å². The van der Waals surface area contributed by atoms with E-state index < -0.39 is 0 Å². The summed E-state index contributed by atoms with van der Waals surface area (Å²) in [5, 5.41) is 0. The van der Waals surface area contributed by atoms with E-state index in [9.17, 15) is 0 Å². The standard InChI is InChI=1S/C7H14ClNO/c1-7(10-2)5-9(6-7)4-3-8/h3-6H2,1-2H3. The van der Waals surface area contributed by atoms with Crippen LogP contribution in [0.4, 0.5) is 0 Å². The molecule has 0 spiro atoms. The minimum atomic E-state index is 0.103. The highest BCUT2D eigenvalue weighted by molar-refractivity contribution is 6.18. The molecule has 0 aromatic heterocycles. The molecule has 10 heavy (non-hydrogen) atoms. The molecule has 0 N–H and O–H groups in total. The molecular formula is C7H14ClNO. The molecule has 1 fully saturated rings. The Hall–Kier alpha value is 0.210. The van der Waals surface area contributed by atoms with E-state index in [0.717, 1.165) is 25.5 Å². The van der Waals surface area contributed by atoms with Gasteiger partial charge in [-0.05, 0) is 6.92 Å². The van der Waals surface area contributed by atoms with Crippen molar-refractivity contribution in [3.63, 3.8) is 0 Å². The predicted octanol–water partition coefficient (Wildman–Crippen LogP) is 0.946. The Balaban J connectivity index is 2.16. The average Bonchev–Trinajstić information content (AvgIpc) is 1.85. The summed E-state index contributed by atoms with van der Waals surface area (Å²) in [6, 6.07) is 0. The summed E-state index contributed by atoms with van der Waals surface area (Å²) in [7, 11) is 1.76. The lowest BCUT2D eigenvalue weighted by atomic mass is 9.97. The first-order valence-electron chi connectivity index (χ1n) is 3.54. The van der Waals surface area contributed by atoms with Gasteiger partial charge in [0.25, 0.3) is 0 Å². The minimum absolute atomic E-state index is 0.103. The Morgan fingerprint density at radius 1 is 1.60 bits per heavy atom. The van der Waals surface area contributed by atoms with Crippen molar-refractivity contribution in [1.82, 2.24) is 4.90 Å². The lowest BCUT2D eigenvalue weighted by molar-refractivity contribution is -0.108. The largest absolute Gasteiger partial charge is 0.376 e. The lowest BCUT2D eigenvalue weighted by Gasteiger charge is -2.46. The molecule has 0 aromatic carbocycles. The van der Waals surface area contributed by atoms with E-state index in [4.69, 9.17) is 16.3 Å². The quantitative estimate of drug-likeness (QED) is 0.575. The molecule has 0 bridgehead atoms. The van der Waals surface area contributed by atoms with Gasteiger partial charge in [-0.3, -0.25) is 4.90 Å². The summed E-state index contributed by atoms with van der Waals surface area (Å²) in [4.78, 5) is 2.29. The predicted molar refractivity (Wildman–Crippen MR) is 42.6 cm³/mol. The summed E-state index contributed by atoms with van der Waals surface area (Å²) in [6.45, 7) is 5.16. The van der Waals surface area contributed by atoms with Gasteiger partial charge in [0.2, 0.25) is 0 Å². The van der Waals surface area contributed by atoms with Gasteiger partial charge in [-0.15, -0.1) is 11.6 Å². The second-order valence-corrected chi connectivity index (χ2v) is 3.43. The maximum atomic E-state index is 5.56. The van der Waals surface area contributed by atoms with Gasteiger partial charge < -0.3 is 4.74 Å². The molecule has 0 saturated carbocycles. The van der Waals surface area contributed by atoms with Gasteiger partial charge in [0.1, 0.15) is 0 Å². The molecule has 2 nitrogen and oxygen atoms in total. The van der Waals surface area contributed by atoms with Gasteiger partial charge in [0.15, 0.2) is 0 Å². The molecule has 1 heterocycles. The zero-order valence-electron chi connectivity index (χ0n) is 6.56. The monoisotopic (exact) mass is 163 g/mol. The van der Waals surface area contributed by atoms with E-state index in [-0.39, 0.29) is 5.60 Å². The van der Waals surface area contributed by atoms with Crippen molar-refractivity contribution in [3.8, 4) is 0 Å². The van der Waals surface area contributed by atoms with Crippen LogP contribution in [0.25, 0.3) is 0 Å². The second-order valence-electron chi connectivity index (χ2n) is 3.05. The van der Waals surface area contributed by atoms with Crippen LogP contribution in [0.5, 0.6) is 0 Å². The summed E-state index contributed by atoms with van der Waals surface area (Å²) in [6.07, 6.45) is 0. The van der Waals surface area contributed by atoms with E-state index in [1.807, 2.05) is 0 Å². The van der Waals surface area contributed by atoms with Crippen LogP contribution in [0, 0.1) is 0 Å². The topological polar surface area (TPSA) is 12.5 Å². The number of likely N-dealkylation sites (tertiary alicyclic amines) is 1. The molecule has 1 saturated heterocycles. The van der Waals surface area contributed by atoms with Crippen LogP contribution in [0.3, 0.4) is 0 Å². The van der Waals surface area contributed by atoms with Crippen LogP contribution in [-0.4, -0.2) is 43.1 Å². The van der Waals surface area contributed by atoms with Gasteiger partial charge in [-0.1, -0.05) is 0 Å². The summed E-state index contributed by atoms with van der Waals surface area (Å²) < 4.78 is 5.27. The molecule has 1 aliphatic heterocycles. The molecule has 0 unspecified atom stereocenters. The molecule has 0 aliphatic carbocycles. The van der Waals surface area contributed by atoms with Crippen LogP contribution in [0.2, 0.25) is 0 Å². The highest BCUT2D eigenvalue weighted by Crippen LogP contribution is 2.22. The van der Waals surface area contributed by atoms with Crippen LogP contribution in [0.1, 0.15) is 6.92 Å².